The smallest absolute Gasteiger partial charge is 0.0715 e. The summed E-state index contributed by atoms with van der Waals surface area (Å²) in [6.07, 6.45) is 0. The Hall–Kier alpha value is -8.01. The molecule has 280 valence electrons. The summed E-state index contributed by atoms with van der Waals surface area (Å²) < 4.78 is 4.88. The van der Waals surface area contributed by atoms with Gasteiger partial charge in [-0.3, -0.25) is 0 Å². The van der Waals surface area contributed by atoms with Crippen molar-refractivity contribution in [3.63, 3.8) is 0 Å². The molecule has 0 N–H and O–H groups in total. The Morgan fingerprint density at radius 3 is 1.45 bits per heavy atom. The van der Waals surface area contributed by atoms with Crippen molar-refractivity contribution in [2.75, 3.05) is 0 Å². The molecule has 9 aromatic carbocycles. The van der Waals surface area contributed by atoms with E-state index < -0.39 is 0 Å². The lowest BCUT2D eigenvalue weighted by atomic mass is 9.96. The topological polar surface area (TPSA) is 22.8 Å². The maximum absolute atomic E-state index is 5.27. The predicted octanol–water partition coefficient (Wildman–Crippen LogP) is 15.1. The number of nitrogens with zero attached hydrogens (tertiary/aromatic N) is 3. The summed E-state index contributed by atoms with van der Waals surface area (Å²) >= 11 is 0. The summed E-state index contributed by atoms with van der Waals surface area (Å²) in [4.78, 5) is 5.27. The van der Waals surface area contributed by atoms with Crippen LogP contribution in [0.25, 0.3) is 111 Å². The van der Waals surface area contributed by atoms with E-state index in [0.717, 1.165) is 39.3 Å². The van der Waals surface area contributed by atoms with Crippen molar-refractivity contribution < 1.29 is 0 Å². The Bertz CT molecular complexity index is 3570. The van der Waals surface area contributed by atoms with Crippen LogP contribution in [0.1, 0.15) is 0 Å². The van der Waals surface area contributed by atoms with E-state index in [1.807, 2.05) is 0 Å². The van der Waals surface area contributed by atoms with E-state index in [-0.39, 0.29) is 0 Å². The molecule has 12 aromatic rings. The third-order valence-corrected chi connectivity index (χ3v) is 12.1. The number of aromatic nitrogens is 3. The third-order valence-electron chi connectivity index (χ3n) is 12.1. The zero-order valence-corrected chi connectivity index (χ0v) is 32.7. The molecular formula is C57H37N3. The molecular weight excluding hydrogens is 727 g/mol. The van der Waals surface area contributed by atoms with E-state index in [9.17, 15) is 0 Å². The van der Waals surface area contributed by atoms with Crippen molar-refractivity contribution in [2.24, 2.45) is 0 Å². The monoisotopic (exact) mass is 763 g/mol. The molecule has 0 spiro atoms. The Balaban J connectivity index is 1.02. The minimum Gasteiger partial charge on any atom is -0.309 e. The molecule has 3 heterocycles. The average Bonchev–Trinajstić information content (AvgIpc) is 3.85. The van der Waals surface area contributed by atoms with Gasteiger partial charge in [0.25, 0.3) is 0 Å². The van der Waals surface area contributed by atoms with Crippen molar-refractivity contribution in [3.05, 3.63) is 224 Å². The fraction of sp³-hybridized carbons (Fsp3) is 0. The van der Waals surface area contributed by atoms with Crippen LogP contribution in [-0.2, 0) is 0 Å². The van der Waals surface area contributed by atoms with Crippen LogP contribution in [0.2, 0.25) is 0 Å². The van der Waals surface area contributed by atoms with Crippen molar-refractivity contribution >= 4 is 54.4 Å². The molecule has 0 saturated heterocycles. The Labute approximate surface area is 347 Å². The fourth-order valence-corrected chi connectivity index (χ4v) is 9.35. The van der Waals surface area contributed by atoms with Crippen LogP contribution in [0.3, 0.4) is 0 Å². The van der Waals surface area contributed by atoms with E-state index >= 15 is 0 Å². The largest absolute Gasteiger partial charge is 0.309 e. The quantitative estimate of drug-likeness (QED) is 0.165. The number of pyridine rings is 1. The fourth-order valence-electron chi connectivity index (χ4n) is 9.35. The highest BCUT2D eigenvalue weighted by Crippen LogP contribution is 2.43. The van der Waals surface area contributed by atoms with Gasteiger partial charge in [-0.15, -0.1) is 0 Å². The second-order valence-electron chi connectivity index (χ2n) is 15.5. The first-order valence-corrected chi connectivity index (χ1v) is 20.5. The summed E-state index contributed by atoms with van der Waals surface area (Å²) in [6.45, 7) is 0. The average molecular weight is 764 g/mol. The number of para-hydroxylation sites is 2. The first-order chi connectivity index (χ1) is 29.8. The number of fused-ring (bicyclic) bond motifs is 8. The first kappa shape index (κ1) is 34.1. The minimum atomic E-state index is 0.938. The molecule has 0 bridgehead atoms. The standard InChI is InChI=1S/C57H37N3/c1-3-15-38(16-4-1)42-21-13-22-43(35-42)44-36-49(40-18-5-2-6-19-40)58-50(37-44)41-29-31-45(32-30-41)59-52-26-11-9-24-47(52)56-54(59)33-34-55-57(56)48-25-10-12-27-53(48)60(55)51-28-14-20-39-17-7-8-23-46(39)51/h1-37H. The van der Waals surface area contributed by atoms with E-state index in [2.05, 4.69) is 234 Å². The van der Waals surface area contributed by atoms with Crippen LogP contribution in [0.15, 0.2) is 224 Å². The molecule has 0 aliphatic carbocycles. The molecule has 0 aliphatic rings. The van der Waals surface area contributed by atoms with Gasteiger partial charge in [-0.25, -0.2) is 4.98 Å². The zero-order chi connectivity index (χ0) is 39.6. The third kappa shape index (κ3) is 5.48. The Kier molecular flexibility index (Phi) is 7.85. The SMILES string of the molecule is c1ccc(-c2cccc(-c3cc(-c4ccccc4)nc(-c4ccc(-n5c6ccccc6c6c7c8ccccc8n(-c8cccc9ccccc89)c7ccc65)cc4)c3)c2)cc1. The van der Waals surface area contributed by atoms with Crippen LogP contribution < -0.4 is 0 Å². The van der Waals surface area contributed by atoms with Crippen molar-refractivity contribution in [1.29, 1.82) is 0 Å². The van der Waals surface area contributed by atoms with Gasteiger partial charge < -0.3 is 9.13 Å². The van der Waals surface area contributed by atoms with Crippen LogP contribution in [0.4, 0.5) is 0 Å². The number of rotatable bonds is 6. The molecule has 0 aliphatic heterocycles. The molecule has 0 unspecified atom stereocenters. The maximum atomic E-state index is 5.27. The molecule has 3 aromatic heterocycles. The normalized spacial score (nSPS) is 11.7. The van der Waals surface area contributed by atoms with Gasteiger partial charge in [-0.05, 0) is 88.3 Å². The van der Waals surface area contributed by atoms with Gasteiger partial charge in [0.2, 0.25) is 0 Å². The van der Waals surface area contributed by atoms with E-state index in [0.29, 0.717) is 0 Å². The summed E-state index contributed by atoms with van der Waals surface area (Å²) in [5.41, 5.74) is 15.8. The second kappa shape index (κ2) is 13.8. The van der Waals surface area contributed by atoms with Gasteiger partial charge in [0.05, 0.1) is 39.1 Å². The maximum Gasteiger partial charge on any atom is 0.0715 e. The predicted molar refractivity (Wildman–Crippen MR) is 252 cm³/mol. The van der Waals surface area contributed by atoms with Gasteiger partial charge in [-0.1, -0.05) is 164 Å². The molecule has 3 nitrogen and oxygen atoms in total. The van der Waals surface area contributed by atoms with Crippen LogP contribution in [-0.4, -0.2) is 14.1 Å². The highest BCUT2D eigenvalue weighted by molar-refractivity contribution is 6.29. The summed E-state index contributed by atoms with van der Waals surface area (Å²) in [5.74, 6) is 0. The summed E-state index contributed by atoms with van der Waals surface area (Å²) in [7, 11) is 0. The van der Waals surface area contributed by atoms with Gasteiger partial charge in [-0.2, -0.15) is 0 Å². The van der Waals surface area contributed by atoms with Crippen LogP contribution in [0.5, 0.6) is 0 Å². The lowest BCUT2D eigenvalue weighted by Gasteiger charge is -2.13. The minimum absolute atomic E-state index is 0.938. The Morgan fingerprint density at radius 1 is 0.283 bits per heavy atom. The number of hydrogen-bond acceptors (Lipinski definition) is 1. The second-order valence-corrected chi connectivity index (χ2v) is 15.5. The molecule has 0 atom stereocenters. The Morgan fingerprint density at radius 2 is 0.767 bits per heavy atom. The highest BCUT2D eigenvalue weighted by atomic mass is 15.0. The van der Waals surface area contributed by atoms with Gasteiger partial charge in [0.1, 0.15) is 0 Å². The summed E-state index contributed by atoms with van der Waals surface area (Å²) in [5, 5.41) is 7.50. The molecule has 0 fully saturated rings. The van der Waals surface area contributed by atoms with Crippen LogP contribution in [0, 0.1) is 0 Å². The number of hydrogen-bond donors (Lipinski definition) is 0. The van der Waals surface area contributed by atoms with Gasteiger partial charge in [0, 0.05) is 43.7 Å². The lowest BCUT2D eigenvalue weighted by molar-refractivity contribution is 1.18. The van der Waals surface area contributed by atoms with Crippen LogP contribution >= 0.6 is 0 Å². The van der Waals surface area contributed by atoms with Gasteiger partial charge >= 0.3 is 0 Å². The van der Waals surface area contributed by atoms with E-state index in [1.54, 1.807) is 0 Å². The molecule has 0 radical (unpaired) electrons. The first-order valence-electron chi connectivity index (χ1n) is 20.5. The van der Waals surface area contributed by atoms with Crippen molar-refractivity contribution in [1.82, 2.24) is 14.1 Å². The molecule has 0 amide bonds. The highest BCUT2D eigenvalue weighted by Gasteiger charge is 2.21. The summed E-state index contributed by atoms with van der Waals surface area (Å²) in [6, 6.07) is 80.9. The van der Waals surface area contributed by atoms with Gasteiger partial charge in [0.15, 0.2) is 0 Å². The molecule has 3 heteroatoms. The molecule has 12 rings (SSSR count). The van der Waals surface area contributed by atoms with E-state index in [1.165, 1.54) is 71.2 Å². The van der Waals surface area contributed by atoms with Crippen molar-refractivity contribution in [3.8, 4) is 56.1 Å². The molecule has 60 heavy (non-hydrogen) atoms. The number of benzene rings is 9. The van der Waals surface area contributed by atoms with E-state index in [4.69, 9.17) is 4.98 Å². The van der Waals surface area contributed by atoms with Crippen molar-refractivity contribution in [2.45, 2.75) is 0 Å². The lowest BCUT2D eigenvalue weighted by Crippen LogP contribution is -1.96. The molecule has 0 saturated carbocycles. The zero-order valence-electron chi connectivity index (χ0n) is 32.7.